The molecule has 1 amide bonds. The van der Waals surface area contributed by atoms with E-state index in [1.165, 1.54) is 25.7 Å². The lowest BCUT2D eigenvalue weighted by atomic mass is 9.83. The highest BCUT2D eigenvalue weighted by Gasteiger charge is 2.51. The molecule has 21 heavy (non-hydrogen) atoms. The van der Waals surface area contributed by atoms with E-state index >= 15 is 0 Å². The van der Waals surface area contributed by atoms with Crippen molar-refractivity contribution in [1.29, 1.82) is 0 Å². The quantitative estimate of drug-likeness (QED) is 0.835. The summed E-state index contributed by atoms with van der Waals surface area (Å²) in [5.74, 6) is 1.75. The second-order valence-corrected chi connectivity index (χ2v) is 7.04. The highest BCUT2D eigenvalue weighted by Crippen LogP contribution is 2.48. The van der Waals surface area contributed by atoms with Gasteiger partial charge in [0.2, 0.25) is 5.91 Å². The van der Waals surface area contributed by atoms with E-state index in [1.807, 2.05) is 24.3 Å². The highest BCUT2D eigenvalue weighted by atomic mass is 16.2. The van der Waals surface area contributed by atoms with Crippen LogP contribution < -0.4 is 11.1 Å². The maximum Gasteiger partial charge on any atom is 0.230 e. The smallest absolute Gasteiger partial charge is 0.230 e. The maximum atomic E-state index is 12.6. The summed E-state index contributed by atoms with van der Waals surface area (Å²) in [7, 11) is 0. The minimum Gasteiger partial charge on any atom is -0.399 e. The summed E-state index contributed by atoms with van der Waals surface area (Å²) in [6, 6.07) is 7.80. The summed E-state index contributed by atoms with van der Waals surface area (Å²) < 4.78 is 0. The molecular formula is C18H26N2O. The molecule has 2 saturated carbocycles. The van der Waals surface area contributed by atoms with Crippen molar-refractivity contribution >= 4 is 11.6 Å². The van der Waals surface area contributed by atoms with Crippen molar-refractivity contribution in [2.45, 2.75) is 50.9 Å². The fraction of sp³-hybridized carbons (Fsp3) is 0.611. The summed E-state index contributed by atoms with van der Waals surface area (Å²) in [5, 5.41) is 3.21. The van der Waals surface area contributed by atoms with Gasteiger partial charge in [0.05, 0.1) is 5.41 Å². The van der Waals surface area contributed by atoms with E-state index in [9.17, 15) is 4.79 Å². The van der Waals surface area contributed by atoms with Gasteiger partial charge in [-0.05, 0) is 55.2 Å². The Labute approximate surface area is 127 Å². The van der Waals surface area contributed by atoms with Gasteiger partial charge < -0.3 is 11.1 Å². The van der Waals surface area contributed by atoms with Crippen molar-refractivity contribution in [2.24, 2.45) is 11.8 Å². The van der Waals surface area contributed by atoms with E-state index in [-0.39, 0.29) is 11.3 Å². The van der Waals surface area contributed by atoms with Gasteiger partial charge in [0, 0.05) is 12.2 Å². The summed E-state index contributed by atoms with van der Waals surface area (Å²) in [5.41, 5.74) is 7.34. The number of nitrogens with one attached hydrogen (secondary N) is 1. The van der Waals surface area contributed by atoms with Gasteiger partial charge in [-0.1, -0.05) is 31.9 Å². The first-order chi connectivity index (χ1) is 10.1. The molecule has 3 rings (SSSR count). The van der Waals surface area contributed by atoms with Crippen molar-refractivity contribution in [1.82, 2.24) is 5.32 Å². The Morgan fingerprint density at radius 2 is 1.81 bits per heavy atom. The molecular weight excluding hydrogens is 260 g/mol. The number of anilines is 1. The lowest BCUT2D eigenvalue weighted by Gasteiger charge is -2.27. The van der Waals surface area contributed by atoms with Crippen LogP contribution in [0.1, 0.15) is 51.0 Å². The van der Waals surface area contributed by atoms with Crippen LogP contribution in [-0.2, 0) is 10.2 Å². The summed E-state index contributed by atoms with van der Waals surface area (Å²) in [6.45, 7) is 3.18. The van der Waals surface area contributed by atoms with Gasteiger partial charge in [-0.15, -0.1) is 0 Å². The number of benzene rings is 1. The van der Waals surface area contributed by atoms with Crippen LogP contribution in [0, 0.1) is 11.8 Å². The van der Waals surface area contributed by atoms with E-state index < -0.39 is 0 Å². The third-order valence-electron chi connectivity index (χ3n) is 5.33. The van der Waals surface area contributed by atoms with Crippen molar-refractivity contribution in [2.75, 3.05) is 12.3 Å². The molecule has 0 atom stereocenters. The number of nitrogen functional groups attached to an aromatic ring is 1. The first-order valence-corrected chi connectivity index (χ1v) is 8.24. The maximum absolute atomic E-state index is 12.6. The molecule has 0 unspecified atom stereocenters. The third kappa shape index (κ3) is 3.07. The highest BCUT2D eigenvalue weighted by molar-refractivity contribution is 5.91. The summed E-state index contributed by atoms with van der Waals surface area (Å²) in [6.07, 6.45) is 7.06. The molecule has 3 N–H and O–H groups in total. The number of rotatable bonds is 4. The van der Waals surface area contributed by atoms with Crippen LogP contribution in [0.5, 0.6) is 0 Å². The topological polar surface area (TPSA) is 55.1 Å². The van der Waals surface area contributed by atoms with Gasteiger partial charge in [-0.2, -0.15) is 0 Å². The predicted octanol–water partition coefficient (Wildman–Crippen LogP) is 3.24. The van der Waals surface area contributed by atoms with E-state index in [2.05, 4.69) is 12.2 Å². The molecule has 2 fully saturated rings. The van der Waals surface area contributed by atoms with Crippen molar-refractivity contribution in [3.63, 3.8) is 0 Å². The van der Waals surface area contributed by atoms with Gasteiger partial charge >= 0.3 is 0 Å². The molecule has 0 spiro atoms. The van der Waals surface area contributed by atoms with Gasteiger partial charge in [0.25, 0.3) is 0 Å². The van der Waals surface area contributed by atoms with Crippen LogP contribution in [0.3, 0.4) is 0 Å². The molecule has 114 valence electrons. The fourth-order valence-electron chi connectivity index (χ4n) is 3.51. The minimum absolute atomic E-state index is 0.214. The van der Waals surface area contributed by atoms with E-state index in [1.54, 1.807) is 0 Å². The van der Waals surface area contributed by atoms with Crippen molar-refractivity contribution < 1.29 is 4.79 Å². The first kappa shape index (κ1) is 14.4. The lowest BCUT2D eigenvalue weighted by Crippen LogP contribution is -2.38. The summed E-state index contributed by atoms with van der Waals surface area (Å²) >= 11 is 0. The van der Waals surface area contributed by atoms with Crippen LogP contribution >= 0.6 is 0 Å². The average molecular weight is 286 g/mol. The van der Waals surface area contributed by atoms with Gasteiger partial charge in [-0.25, -0.2) is 0 Å². The molecule has 3 nitrogen and oxygen atoms in total. The Balaban J connectivity index is 1.56. The number of carbonyl (C=O) groups excluding carboxylic acids is 1. The largest absolute Gasteiger partial charge is 0.399 e. The van der Waals surface area contributed by atoms with Gasteiger partial charge in [0.15, 0.2) is 0 Å². The first-order valence-electron chi connectivity index (χ1n) is 8.24. The van der Waals surface area contributed by atoms with Crippen molar-refractivity contribution in [3.05, 3.63) is 29.8 Å². The van der Waals surface area contributed by atoms with Crippen LogP contribution in [0.4, 0.5) is 5.69 Å². The van der Waals surface area contributed by atoms with E-state index in [0.717, 1.165) is 36.6 Å². The Bertz CT molecular complexity index is 496. The molecule has 0 radical (unpaired) electrons. The van der Waals surface area contributed by atoms with Crippen LogP contribution in [-0.4, -0.2) is 12.5 Å². The SMILES string of the molecule is CC1CCC(CNC(=O)C2(c3ccc(N)cc3)CC2)CC1. The second kappa shape index (κ2) is 5.70. The van der Waals surface area contributed by atoms with Gasteiger partial charge in [-0.3, -0.25) is 4.79 Å². The lowest BCUT2D eigenvalue weighted by molar-refractivity contribution is -0.123. The molecule has 0 heterocycles. The zero-order valence-electron chi connectivity index (χ0n) is 12.9. The van der Waals surface area contributed by atoms with E-state index in [0.29, 0.717) is 5.92 Å². The minimum atomic E-state index is -0.268. The van der Waals surface area contributed by atoms with Crippen molar-refractivity contribution in [3.8, 4) is 0 Å². The predicted molar refractivity (Wildman–Crippen MR) is 85.9 cm³/mol. The zero-order valence-corrected chi connectivity index (χ0v) is 12.9. The van der Waals surface area contributed by atoms with Crippen LogP contribution in [0.2, 0.25) is 0 Å². The molecule has 0 saturated heterocycles. The number of nitrogens with two attached hydrogens (primary N) is 1. The molecule has 2 aliphatic rings. The third-order valence-corrected chi connectivity index (χ3v) is 5.33. The molecule has 2 aliphatic carbocycles. The normalized spacial score (nSPS) is 27.1. The standard InChI is InChI=1S/C18H26N2O/c1-13-2-4-14(5-3-13)12-20-17(21)18(10-11-18)15-6-8-16(19)9-7-15/h6-9,13-14H,2-5,10-12,19H2,1H3,(H,20,21). The number of amides is 1. The number of hydrogen-bond donors (Lipinski definition) is 2. The number of hydrogen-bond acceptors (Lipinski definition) is 2. The molecule has 3 heteroatoms. The zero-order chi connectivity index (χ0) is 14.9. The molecule has 0 aromatic heterocycles. The Kier molecular flexibility index (Phi) is 3.92. The summed E-state index contributed by atoms with van der Waals surface area (Å²) in [4.78, 5) is 12.6. The monoisotopic (exact) mass is 286 g/mol. The number of carbonyl (C=O) groups is 1. The fourth-order valence-corrected chi connectivity index (χ4v) is 3.51. The molecule has 0 aliphatic heterocycles. The Morgan fingerprint density at radius 1 is 1.19 bits per heavy atom. The molecule has 1 aromatic carbocycles. The second-order valence-electron chi connectivity index (χ2n) is 7.04. The van der Waals surface area contributed by atoms with Crippen LogP contribution in [0.15, 0.2) is 24.3 Å². The Hall–Kier alpha value is -1.51. The van der Waals surface area contributed by atoms with E-state index in [4.69, 9.17) is 5.73 Å². The van der Waals surface area contributed by atoms with Gasteiger partial charge in [0.1, 0.15) is 0 Å². The van der Waals surface area contributed by atoms with Crippen LogP contribution in [0.25, 0.3) is 0 Å². The molecule has 0 bridgehead atoms. The Morgan fingerprint density at radius 3 is 2.38 bits per heavy atom. The average Bonchev–Trinajstić information content (AvgIpc) is 3.29. The molecule has 1 aromatic rings.